The minimum absolute atomic E-state index is 0.228. The molecule has 0 atom stereocenters. The van der Waals surface area contributed by atoms with Gasteiger partial charge in [0.25, 0.3) is 0 Å². The predicted molar refractivity (Wildman–Crippen MR) is 95.6 cm³/mol. The van der Waals surface area contributed by atoms with E-state index < -0.39 is 11.7 Å². The molecule has 0 fully saturated rings. The molecule has 0 aliphatic carbocycles. The fourth-order valence-corrected chi connectivity index (χ4v) is 2.66. The lowest BCUT2D eigenvalue weighted by Crippen LogP contribution is -2.05. The quantitative estimate of drug-likeness (QED) is 0.546. The summed E-state index contributed by atoms with van der Waals surface area (Å²) < 4.78 is 44.9. The van der Waals surface area contributed by atoms with Crippen LogP contribution in [0.1, 0.15) is 11.5 Å². The van der Waals surface area contributed by atoms with Crippen molar-refractivity contribution in [2.24, 2.45) is 0 Å². The molecule has 0 aliphatic rings. The van der Waals surface area contributed by atoms with Gasteiger partial charge in [0.15, 0.2) is 0 Å². The Morgan fingerprint density at radius 2 is 1.79 bits per heavy atom. The van der Waals surface area contributed by atoms with Crippen LogP contribution in [-0.4, -0.2) is 19.9 Å². The highest BCUT2D eigenvalue weighted by atomic mass is 19.4. The molecule has 0 unspecified atom stereocenters. The second-order valence-electron chi connectivity index (χ2n) is 5.91. The molecular weight excluding hydrogens is 371 g/mol. The zero-order chi connectivity index (χ0) is 19.6. The number of alkyl halides is 3. The van der Waals surface area contributed by atoms with E-state index in [9.17, 15) is 13.2 Å². The standard InChI is InChI=1S/C19H14F3N5O/c20-19(21,22)14-8-6-13(7-9-14)18-25-17(28-26-18)12-23-15-4-1-2-5-16(15)27-11-3-10-24-27/h1-11,23H,12H2. The Labute approximate surface area is 157 Å². The predicted octanol–water partition coefficient (Wildman–Crippen LogP) is 4.55. The molecule has 2 heterocycles. The molecule has 0 bridgehead atoms. The molecule has 2 aromatic carbocycles. The lowest BCUT2D eigenvalue weighted by molar-refractivity contribution is -0.137. The molecule has 2 aromatic heterocycles. The number of nitrogens with zero attached hydrogens (tertiary/aromatic N) is 4. The summed E-state index contributed by atoms with van der Waals surface area (Å²) in [6.45, 7) is 0.256. The molecule has 0 amide bonds. The lowest BCUT2D eigenvalue weighted by atomic mass is 10.1. The maximum atomic E-state index is 12.7. The Balaban J connectivity index is 1.48. The molecule has 28 heavy (non-hydrogen) atoms. The SMILES string of the molecule is FC(F)(F)c1ccc(-c2noc(CNc3ccccc3-n3cccn3)n2)cc1. The first-order valence-electron chi connectivity index (χ1n) is 8.34. The number of aromatic nitrogens is 4. The van der Waals surface area contributed by atoms with Crippen LogP contribution in [0.5, 0.6) is 0 Å². The molecule has 4 rings (SSSR count). The van der Waals surface area contributed by atoms with Gasteiger partial charge in [0, 0.05) is 18.0 Å². The molecule has 0 spiro atoms. The first kappa shape index (κ1) is 17.8. The second kappa shape index (κ2) is 7.18. The summed E-state index contributed by atoms with van der Waals surface area (Å²) in [7, 11) is 0. The number of nitrogens with one attached hydrogen (secondary N) is 1. The van der Waals surface area contributed by atoms with Crippen LogP contribution in [0.4, 0.5) is 18.9 Å². The van der Waals surface area contributed by atoms with Crippen LogP contribution >= 0.6 is 0 Å². The summed E-state index contributed by atoms with van der Waals surface area (Å²) in [4.78, 5) is 4.24. The zero-order valence-electron chi connectivity index (χ0n) is 14.4. The van der Waals surface area contributed by atoms with Crippen molar-refractivity contribution >= 4 is 5.69 Å². The van der Waals surface area contributed by atoms with E-state index in [0.717, 1.165) is 23.5 Å². The van der Waals surface area contributed by atoms with Gasteiger partial charge in [-0.2, -0.15) is 23.3 Å². The summed E-state index contributed by atoms with van der Waals surface area (Å²) >= 11 is 0. The van der Waals surface area contributed by atoms with Crippen molar-refractivity contribution in [3.63, 3.8) is 0 Å². The largest absolute Gasteiger partial charge is 0.416 e. The smallest absolute Gasteiger partial charge is 0.374 e. The lowest BCUT2D eigenvalue weighted by Gasteiger charge is -2.10. The van der Waals surface area contributed by atoms with Gasteiger partial charge in [-0.05, 0) is 30.3 Å². The van der Waals surface area contributed by atoms with E-state index in [2.05, 4.69) is 20.6 Å². The van der Waals surface area contributed by atoms with Crippen LogP contribution in [-0.2, 0) is 12.7 Å². The molecule has 142 valence electrons. The van der Waals surface area contributed by atoms with Gasteiger partial charge >= 0.3 is 6.18 Å². The van der Waals surface area contributed by atoms with E-state index in [1.165, 1.54) is 12.1 Å². The highest BCUT2D eigenvalue weighted by Crippen LogP contribution is 2.30. The number of anilines is 1. The van der Waals surface area contributed by atoms with Crippen molar-refractivity contribution in [3.8, 4) is 17.1 Å². The molecular formula is C19H14F3N5O. The van der Waals surface area contributed by atoms with Crippen LogP contribution < -0.4 is 5.32 Å². The van der Waals surface area contributed by atoms with Crippen LogP contribution in [0.25, 0.3) is 17.1 Å². The Hall–Kier alpha value is -3.62. The van der Waals surface area contributed by atoms with Gasteiger partial charge in [-0.15, -0.1) is 0 Å². The van der Waals surface area contributed by atoms with E-state index in [4.69, 9.17) is 4.52 Å². The number of halogens is 3. The molecule has 0 aliphatic heterocycles. The third-order valence-electron chi connectivity index (χ3n) is 4.02. The number of benzene rings is 2. The molecule has 0 saturated carbocycles. The van der Waals surface area contributed by atoms with Crippen LogP contribution in [0.2, 0.25) is 0 Å². The van der Waals surface area contributed by atoms with Crippen molar-refractivity contribution in [3.05, 3.63) is 78.4 Å². The van der Waals surface area contributed by atoms with Gasteiger partial charge in [-0.3, -0.25) is 0 Å². The van der Waals surface area contributed by atoms with Gasteiger partial charge in [0.2, 0.25) is 11.7 Å². The van der Waals surface area contributed by atoms with Crippen molar-refractivity contribution in [1.82, 2.24) is 19.9 Å². The van der Waals surface area contributed by atoms with Crippen molar-refractivity contribution in [2.45, 2.75) is 12.7 Å². The zero-order valence-corrected chi connectivity index (χ0v) is 14.4. The summed E-state index contributed by atoms with van der Waals surface area (Å²) in [6.07, 6.45) is -0.867. The monoisotopic (exact) mass is 385 g/mol. The Morgan fingerprint density at radius 1 is 1.00 bits per heavy atom. The van der Waals surface area contributed by atoms with E-state index in [0.29, 0.717) is 11.5 Å². The number of para-hydroxylation sites is 2. The van der Waals surface area contributed by atoms with Crippen LogP contribution in [0.3, 0.4) is 0 Å². The van der Waals surface area contributed by atoms with Crippen molar-refractivity contribution in [2.75, 3.05) is 5.32 Å². The maximum Gasteiger partial charge on any atom is 0.416 e. The average Bonchev–Trinajstić information content (AvgIpc) is 3.38. The Morgan fingerprint density at radius 3 is 2.50 bits per heavy atom. The Kier molecular flexibility index (Phi) is 4.56. The molecule has 9 heteroatoms. The number of hydrogen-bond acceptors (Lipinski definition) is 5. The Bertz CT molecular complexity index is 1060. The summed E-state index contributed by atoms with van der Waals surface area (Å²) in [6, 6.07) is 14.0. The van der Waals surface area contributed by atoms with Gasteiger partial charge in [-0.1, -0.05) is 29.4 Å². The number of rotatable bonds is 5. The molecule has 6 nitrogen and oxygen atoms in total. The maximum absolute atomic E-state index is 12.7. The van der Waals surface area contributed by atoms with Crippen molar-refractivity contribution in [1.29, 1.82) is 0 Å². The normalized spacial score (nSPS) is 11.5. The third kappa shape index (κ3) is 3.73. The average molecular weight is 385 g/mol. The van der Waals surface area contributed by atoms with Gasteiger partial charge in [-0.25, -0.2) is 4.68 Å². The molecule has 4 aromatic rings. The minimum Gasteiger partial charge on any atom is -0.374 e. The van der Waals surface area contributed by atoms with Gasteiger partial charge < -0.3 is 9.84 Å². The van der Waals surface area contributed by atoms with Crippen molar-refractivity contribution < 1.29 is 17.7 Å². The van der Waals surface area contributed by atoms with E-state index in [-0.39, 0.29) is 12.4 Å². The second-order valence-corrected chi connectivity index (χ2v) is 5.91. The highest BCUT2D eigenvalue weighted by Gasteiger charge is 2.30. The first-order valence-corrected chi connectivity index (χ1v) is 8.34. The van der Waals surface area contributed by atoms with Gasteiger partial charge in [0.1, 0.15) is 0 Å². The highest BCUT2D eigenvalue weighted by molar-refractivity contribution is 5.60. The number of hydrogen-bond donors (Lipinski definition) is 1. The summed E-state index contributed by atoms with van der Waals surface area (Å²) in [5, 5.41) is 11.3. The molecule has 1 N–H and O–H groups in total. The van der Waals surface area contributed by atoms with E-state index in [1.54, 1.807) is 10.9 Å². The molecule has 0 saturated heterocycles. The first-order chi connectivity index (χ1) is 13.5. The molecule has 0 radical (unpaired) electrons. The van der Waals surface area contributed by atoms with E-state index in [1.807, 2.05) is 36.5 Å². The fraction of sp³-hybridized carbons (Fsp3) is 0.105. The van der Waals surface area contributed by atoms with Crippen LogP contribution in [0, 0.1) is 0 Å². The van der Waals surface area contributed by atoms with Crippen LogP contribution in [0.15, 0.2) is 71.5 Å². The fourth-order valence-electron chi connectivity index (χ4n) is 2.66. The topological polar surface area (TPSA) is 68.8 Å². The summed E-state index contributed by atoms with van der Waals surface area (Å²) in [5.74, 6) is 0.538. The third-order valence-corrected chi connectivity index (χ3v) is 4.02. The van der Waals surface area contributed by atoms with Gasteiger partial charge in [0.05, 0.1) is 23.5 Å². The summed E-state index contributed by atoms with van der Waals surface area (Å²) in [5.41, 5.74) is 1.40. The van der Waals surface area contributed by atoms with E-state index >= 15 is 0 Å². The minimum atomic E-state index is -4.38.